The van der Waals surface area contributed by atoms with Crippen LogP contribution < -0.4 is 10.5 Å². The fourth-order valence-electron chi connectivity index (χ4n) is 6.19. The summed E-state index contributed by atoms with van der Waals surface area (Å²) in [5.41, 5.74) is -0.465. The first-order chi connectivity index (χ1) is 14.1. The predicted octanol–water partition coefficient (Wildman–Crippen LogP) is 2.35. The van der Waals surface area contributed by atoms with E-state index in [1.54, 1.807) is 0 Å². The van der Waals surface area contributed by atoms with Crippen molar-refractivity contribution in [1.82, 2.24) is 5.32 Å². The normalized spacial score (nSPS) is 30.7. The maximum Gasteiger partial charge on any atom is 0.341 e. The summed E-state index contributed by atoms with van der Waals surface area (Å²) in [5.74, 6) is -0.257. The summed E-state index contributed by atoms with van der Waals surface area (Å²) in [7, 11) is -4.10. The number of sulfonamides is 1. The molecule has 9 heteroatoms. The Kier molecular flexibility index (Phi) is 5.38. The summed E-state index contributed by atoms with van der Waals surface area (Å²) in [5, 5.41) is 7.98. The number of halogens is 1. The van der Waals surface area contributed by atoms with Crippen LogP contribution in [0.5, 0.6) is 0 Å². The van der Waals surface area contributed by atoms with Crippen LogP contribution in [0.1, 0.15) is 55.8 Å². The molecule has 0 aliphatic heterocycles. The molecule has 1 amide bonds. The Bertz CT molecular complexity index is 942. The molecule has 30 heavy (non-hydrogen) atoms. The highest BCUT2D eigenvalue weighted by atomic mass is 32.2. The SMILES string of the molecule is CC(NC(=O)COC(=O)c1cc(S(N)(=O)=O)ccc1F)C12CC3CC(CC(C3)C1)C2. The number of primary sulfonamides is 1. The van der Waals surface area contributed by atoms with Gasteiger partial charge >= 0.3 is 5.97 Å². The largest absolute Gasteiger partial charge is 0.452 e. The maximum absolute atomic E-state index is 13.9. The van der Waals surface area contributed by atoms with Gasteiger partial charge in [0, 0.05) is 6.04 Å². The molecule has 0 saturated heterocycles. The minimum absolute atomic E-state index is 0.0282. The molecule has 5 rings (SSSR count). The third-order valence-corrected chi connectivity index (χ3v) is 8.11. The molecule has 1 aromatic rings. The molecule has 0 radical (unpaired) electrons. The van der Waals surface area contributed by atoms with Crippen LogP contribution >= 0.6 is 0 Å². The highest BCUT2D eigenvalue weighted by molar-refractivity contribution is 7.89. The van der Waals surface area contributed by atoms with Gasteiger partial charge in [-0.15, -0.1) is 0 Å². The summed E-state index contributed by atoms with van der Waals surface area (Å²) < 4.78 is 41.7. The van der Waals surface area contributed by atoms with Crippen molar-refractivity contribution in [2.75, 3.05) is 6.61 Å². The van der Waals surface area contributed by atoms with E-state index in [1.807, 2.05) is 6.92 Å². The Morgan fingerprint density at radius 3 is 2.30 bits per heavy atom. The molecule has 0 heterocycles. The Balaban J connectivity index is 1.36. The molecule has 4 aliphatic carbocycles. The molecular weight excluding hydrogens is 411 g/mol. The number of ether oxygens (including phenoxy) is 1. The number of hydrogen-bond acceptors (Lipinski definition) is 5. The van der Waals surface area contributed by atoms with Crippen LogP contribution in [0, 0.1) is 29.0 Å². The van der Waals surface area contributed by atoms with Crippen molar-refractivity contribution >= 4 is 21.9 Å². The Hall–Kier alpha value is -2.00. The monoisotopic (exact) mass is 438 g/mol. The molecule has 7 nitrogen and oxygen atoms in total. The predicted molar refractivity (Wildman–Crippen MR) is 106 cm³/mol. The smallest absolute Gasteiger partial charge is 0.341 e. The van der Waals surface area contributed by atoms with E-state index in [1.165, 1.54) is 19.3 Å². The number of amides is 1. The van der Waals surface area contributed by atoms with Crippen LogP contribution in [-0.4, -0.2) is 32.9 Å². The molecule has 0 aromatic heterocycles. The first-order valence-electron chi connectivity index (χ1n) is 10.3. The van der Waals surface area contributed by atoms with Gasteiger partial charge in [0.15, 0.2) is 6.61 Å². The highest BCUT2D eigenvalue weighted by Crippen LogP contribution is 2.61. The van der Waals surface area contributed by atoms with Crippen molar-refractivity contribution in [2.24, 2.45) is 28.3 Å². The van der Waals surface area contributed by atoms with Gasteiger partial charge in [0.25, 0.3) is 5.91 Å². The molecule has 4 fully saturated rings. The Labute approximate surface area is 175 Å². The van der Waals surface area contributed by atoms with Crippen LogP contribution in [0.25, 0.3) is 0 Å². The maximum atomic E-state index is 13.9. The zero-order chi connectivity index (χ0) is 21.7. The summed E-state index contributed by atoms with van der Waals surface area (Å²) in [6.07, 6.45) is 7.31. The van der Waals surface area contributed by atoms with Crippen LogP contribution in [-0.2, 0) is 19.6 Å². The number of nitrogens with one attached hydrogen (secondary N) is 1. The molecule has 1 aromatic carbocycles. The van der Waals surface area contributed by atoms with Gasteiger partial charge in [-0.05, 0) is 86.8 Å². The van der Waals surface area contributed by atoms with Crippen LogP contribution in [0.2, 0.25) is 0 Å². The quantitative estimate of drug-likeness (QED) is 0.662. The van der Waals surface area contributed by atoms with Gasteiger partial charge in [-0.25, -0.2) is 22.7 Å². The lowest BCUT2D eigenvalue weighted by Crippen LogP contribution is -2.56. The third kappa shape index (κ3) is 4.09. The molecule has 4 bridgehead atoms. The molecule has 1 atom stereocenters. The average Bonchev–Trinajstić information content (AvgIpc) is 2.64. The van der Waals surface area contributed by atoms with Crippen LogP contribution in [0.3, 0.4) is 0 Å². The van der Waals surface area contributed by atoms with Crippen molar-refractivity contribution < 1.29 is 27.1 Å². The number of carbonyl (C=O) groups excluding carboxylic acids is 2. The fourth-order valence-corrected chi connectivity index (χ4v) is 6.73. The number of carbonyl (C=O) groups is 2. The lowest BCUT2D eigenvalue weighted by molar-refractivity contribution is -0.128. The second-order valence-corrected chi connectivity index (χ2v) is 10.9. The van der Waals surface area contributed by atoms with Crippen molar-refractivity contribution in [3.05, 3.63) is 29.6 Å². The molecule has 3 N–H and O–H groups in total. The van der Waals surface area contributed by atoms with Gasteiger partial charge in [-0.3, -0.25) is 4.79 Å². The number of hydrogen-bond donors (Lipinski definition) is 2. The molecule has 0 spiro atoms. The van der Waals surface area contributed by atoms with Gasteiger partial charge in [0.2, 0.25) is 10.0 Å². The lowest BCUT2D eigenvalue weighted by atomic mass is 9.48. The molecule has 1 unspecified atom stereocenters. The van der Waals surface area contributed by atoms with E-state index in [0.29, 0.717) is 0 Å². The number of esters is 1. The van der Waals surface area contributed by atoms with Crippen molar-refractivity contribution in [1.29, 1.82) is 0 Å². The summed E-state index contributed by atoms with van der Waals surface area (Å²) in [4.78, 5) is 24.2. The Morgan fingerprint density at radius 1 is 1.20 bits per heavy atom. The lowest BCUT2D eigenvalue weighted by Gasteiger charge is -2.59. The van der Waals surface area contributed by atoms with Gasteiger partial charge < -0.3 is 10.1 Å². The van der Waals surface area contributed by atoms with Crippen LogP contribution in [0.4, 0.5) is 4.39 Å². The first kappa shape index (κ1) is 21.2. The molecule has 4 saturated carbocycles. The van der Waals surface area contributed by atoms with Crippen molar-refractivity contribution in [2.45, 2.75) is 56.4 Å². The van der Waals surface area contributed by atoms with Gasteiger partial charge in [0.05, 0.1) is 10.5 Å². The fraction of sp³-hybridized carbons (Fsp3) is 0.619. The first-order valence-corrected chi connectivity index (χ1v) is 11.9. The van der Waals surface area contributed by atoms with Crippen molar-refractivity contribution in [3.8, 4) is 0 Å². The zero-order valence-corrected chi connectivity index (χ0v) is 17.7. The van der Waals surface area contributed by atoms with E-state index in [-0.39, 0.29) is 11.5 Å². The molecular formula is C21H27FN2O5S. The van der Waals surface area contributed by atoms with Gasteiger partial charge in [-0.1, -0.05) is 0 Å². The van der Waals surface area contributed by atoms with E-state index in [0.717, 1.165) is 55.2 Å². The zero-order valence-electron chi connectivity index (χ0n) is 16.9. The third-order valence-electron chi connectivity index (χ3n) is 7.20. The highest BCUT2D eigenvalue weighted by Gasteiger charge is 2.53. The minimum Gasteiger partial charge on any atom is -0.452 e. The number of benzene rings is 1. The van der Waals surface area contributed by atoms with Gasteiger partial charge in [0.1, 0.15) is 5.82 Å². The molecule has 4 aliphatic rings. The van der Waals surface area contributed by atoms with Gasteiger partial charge in [-0.2, -0.15) is 0 Å². The second kappa shape index (κ2) is 7.60. The van der Waals surface area contributed by atoms with E-state index in [9.17, 15) is 22.4 Å². The van der Waals surface area contributed by atoms with E-state index in [2.05, 4.69) is 5.32 Å². The number of rotatable bonds is 6. The molecule has 164 valence electrons. The van der Waals surface area contributed by atoms with E-state index >= 15 is 0 Å². The second-order valence-electron chi connectivity index (χ2n) is 9.33. The van der Waals surface area contributed by atoms with E-state index < -0.39 is 44.8 Å². The Morgan fingerprint density at radius 2 is 1.77 bits per heavy atom. The average molecular weight is 439 g/mol. The summed E-state index contributed by atoms with van der Waals surface area (Å²) >= 11 is 0. The van der Waals surface area contributed by atoms with Crippen molar-refractivity contribution in [3.63, 3.8) is 0 Å². The number of nitrogens with two attached hydrogens (primary N) is 1. The minimum atomic E-state index is -4.10. The van der Waals surface area contributed by atoms with E-state index in [4.69, 9.17) is 9.88 Å². The van der Waals surface area contributed by atoms with Crippen LogP contribution in [0.15, 0.2) is 23.1 Å². The topological polar surface area (TPSA) is 116 Å². The summed E-state index contributed by atoms with van der Waals surface area (Å²) in [6.45, 7) is 1.46. The summed E-state index contributed by atoms with van der Waals surface area (Å²) in [6, 6.07) is 2.56. The standard InChI is InChI=1S/C21H27FN2O5S/c1-12(21-8-13-4-14(9-21)6-15(5-13)10-21)24-19(25)11-29-20(26)17-7-16(30(23,27)28)2-3-18(17)22/h2-3,7,12-15H,4-6,8-11H2,1H3,(H,24,25)(H2,23,27,28).